The molecular weight excluding hydrogens is 356 g/mol. The van der Waals surface area contributed by atoms with Crippen molar-refractivity contribution in [1.29, 1.82) is 0 Å². The van der Waals surface area contributed by atoms with Crippen molar-refractivity contribution in [3.8, 4) is 0 Å². The van der Waals surface area contributed by atoms with Crippen molar-refractivity contribution < 1.29 is 14.7 Å². The fourth-order valence-electron chi connectivity index (χ4n) is 3.74. The van der Waals surface area contributed by atoms with E-state index in [1.54, 1.807) is 11.0 Å². The fraction of sp³-hybridized carbons (Fsp3) is 0.381. The normalized spacial score (nSPS) is 21.6. The van der Waals surface area contributed by atoms with Crippen LogP contribution in [0.25, 0.3) is 0 Å². The lowest BCUT2D eigenvalue weighted by molar-refractivity contribution is -0.117. The van der Waals surface area contributed by atoms with Gasteiger partial charge in [-0.15, -0.1) is 0 Å². The van der Waals surface area contributed by atoms with Crippen molar-refractivity contribution in [3.63, 3.8) is 0 Å². The van der Waals surface area contributed by atoms with Crippen molar-refractivity contribution in [1.82, 2.24) is 10.3 Å². The first kappa shape index (κ1) is 18.4. The zero-order valence-electron chi connectivity index (χ0n) is 15.6. The second-order valence-corrected chi connectivity index (χ2v) is 7.39. The van der Waals surface area contributed by atoms with Gasteiger partial charge in [-0.25, -0.2) is 4.98 Å². The molecule has 146 valence electrons. The molecule has 0 bridgehead atoms. The van der Waals surface area contributed by atoms with Crippen molar-refractivity contribution in [2.24, 2.45) is 0 Å². The van der Waals surface area contributed by atoms with E-state index >= 15 is 0 Å². The Hall–Kier alpha value is -2.93. The molecule has 7 heteroatoms. The molecule has 28 heavy (non-hydrogen) atoms. The third-order valence-electron chi connectivity index (χ3n) is 5.34. The van der Waals surface area contributed by atoms with Crippen LogP contribution >= 0.6 is 0 Å². The first-order chi connectivity index (χ1) is 13.6. The molecule has 1 saturated carbocycles. The van der Waals surface area contributed by atoms with Crippen LogP contribution in [0.2, 0.25) is 0 Å². The van der Waals surface area contributed by atoms with Crippen LogP contribution in [0.5, 0.6) is 0 Å². The minimum absolute atomic E-state index is 0.0584. The highest BCUT2D eigenvalue weighted by molar-refractivity contribution is 6.04. The molecule has 4 rings (SSSR count). The van der Waals surface area contributed by atoms with Crippen LogP contribution < -0.4 is 15.5 Å². The van der Waals surface area contributed by atoms with Gasteiger partial charge in [0.05, 0.1) is 30.4 Å². The highest BCUT2D eigenvalue weighted by Crippen LogP contribution is 2.30. The molecule has 2 aliphatic rings. The molecular formula is C21H24N4O3. The van der Waals surface area contributed by atoms with Crippen LogP contribution in [-0.4, -0.2) is 40.6 Å². The lowest BCUT2D eigenvalue weighted by Gasteiger charge is -2.30. The second-order valence-electron chi connectivity index (χ2n) is 7.39. The van der Waals surface area contributed by atoms with Gasteiger partial charge in [0.25, 0.3) is 5.91 Å². The van der Waals surface area contributed by atoms with Gasteiger partial charge in [-0.3, -0.25) is 9.59 Å². The molecule has 2 heterocycles. The predicted molar refractivity (Wildman–Crippen MR) is 106 cm³/mol. The molecule has 0 unspecified atom stereocenters. The van der Waals surface area contributed by atoms with E-state index in [9.17, 15) is 14.7 Å². The van der Waals surface area contributed by atoms with Gasteiger partial charge in [0.15, 0.2) is 5.82 Å². The first-order valence-corrected chi connectivity index (χ1v) is 9.67. The number of fused-ring (bicyclic) bond motifs is 1. The summed E-state index contributed by atoms with van der Waals surface area (Å²) in [5.41, 5.74) is 2.06. The average molecular weight is 380 g/mol. The number of carbonyl (C=O) groups excluding carboxylic acids is 2. The zero-order chi connectivity index (χ0) is 19.5. The number of hydrogen-bond donors (Lipinski definition) is 3. The number of aromatic nitrogens is 1. The lowest BCUT2D eigenvalue weighted by Crippen LogP contribution is -2.41. The quantitative estimate of drug-likeness (QED) is 0.755. The molecule has 1 aliphatic carbocycles. The number of rotatable bonds is 4. The number of aliphatic hydroxyl groups excluding tert-OH is 1. The van der Waals surface area contributed by atoms with Gasteiger partial charge in [-0.05, 0) is 37.3 Å². The molecule has 0 atom stereocenters. The van der Waals surface area contributed by atoms with E-state index in [-0.39, 0.29) is 30.5 Å². The number of anilines is 2. The second kappa shape index (κ2) is 7.98. The maximum absolute atomic E-state index is 12.7. The van der Waals surface area contributed by atoms with Gasteiger partial charge in [-0.2, -0.15) is 0 Å². The zero-order valence-corrected chi connectivity index (χ0v) is 15.6. The number of aliphatic hydroxyl groups is 1. The topological polar surface area (TPSA) is 94.6 Å². The molecule has 7 nitrogen and oxygen atoms in total. The number of benzene rings is 1. The monoisotopic (exact) mass is 380 g/mol. The molecule has 2 amide bonds. The molecule has 3 N–H and O–H groups in total. The number of nitrogens with one attached hydrogen (secondary N) is 2. The van der Waals surface area contributed by atoms with E-state index in [1.807, 2.05) is 30.3 Å². The summed E-state index contributed by atoms with van der Waals surface area (Å²) in [5, 5.41) is 15.7. The predicted octanol–water partition coefficient (Wildman–Crippen LogP) is 2.07. The number of amides is 2. The Morgan fingerprint density at radius 3 is 2.71 bits per heavy atom. The Morgan fingerprint density at radius 2 is 1.96 bits per heavy atom. The summed E-state index contributed by atoms with van der Waals surface area (Å²) in [4.78, 5) is 31.2. The number of pyridine rings is 1. The maximum Gasteiger partial charge on any atom is 0.253 e. The summed E-state index contributed by atoms with van der Waals surface area (Å²) in [5.74, 6) is 0.347. The average Bonchev–Trinajstić information content (AvgIpc) is 2.72. The van der Waals surface area contributed by atoms with Gasteiger partial charge < -0.3 is 20.6 Å². The van der Waals surface area contributed by atoms with Crippen LogP contribution in [0.3, 0.4) is 0 Å². The maximum atomic E-state index is 12.7. The minimum atomic E-state index is -0.262. The summed E-state index contributed by atoms with van der Waals surface area (Å²) in [6, 6.07) is 11.5. The summed E-state index contributed by atoms with van der Waals surface area (Å²) >= 11 is 0. The Bertz CT molecular complexity index is 863. The fourth-order valence-corrected chi connectivity index (χ4v) is 3.74. The lowest BCUT2D eigenvalue weighted by atomic mass is 9.93. The molecule has 2 aromatic rings. The number of hydrogen-bond acceptors (Lipinski definition) is 5. The molecule has 1 aromatic carbocycles. The highest BCUT2D eigenvalue weighted by atomic mass is 16.3. The standard InChI is InChI=1S/C21H24N4O3/c26-17-8-6-16(7-9-17)24-21(28)15-10-18-20(22-11-15)23-12-19(27)25(18)13-14-4-2-1-3-5-14/h1-5,10-11,16-17,26H,6-9,12-13H2,(H,22,23)(H,24,28). The minimum Gasteiger partial charge on any atom is -0.393 e. The molecule has 1 fully saturated rings. The van der Waals surface area contributed by atoms with E-state index in [4.69, 9.17) is 0 Å². The number of nitrogens with zero attached hydrogens (tertiary/aromatic N) is 2. The largest absolute Gasteiger partial charge is 0.393 e. The van der Waals surface area contributed by atoms with Gasteiger partial charge in [0.1, 0.15) is 0 Å². The Balaban J connectivity index is 1.53. The van der Waals surface area contributed by atoms with Crippen molar-refractivity contribution >= 4 is 23.3 Å². The molecule has 0 radical (unpaired) electrons. The van der Waals surface area contributed by atoms with Crippen molar-refractivity contribution in [3.05, 3.63) is 53.7 Å². The Labute approximate surface area is 163 Å². The van der Waals surface area contributed by atoms with Crippen molar-refractivity contribution in [2.45, 2.75) is 44.4 Å². The first-order valence-electron chi connectivity index (χ1n) is 9.67. The van der Waals surface area contributed by atoms with Crippen LogP contribution in [0.4, 0.5) is 11.5 Å². The molecule has 1 aromatic heterocycles. The summed E-state index contributed by atoms with van der Waals surface area (Å²) < 4.78 is 0. The SMILES string of the molecule is O=C(NC1CCC(O)CC1)c1cnc2c(c1)N(Cc1ccccc1)C(=O)CN2. The third-order valence-corrected chi connectivity index (χ3v) is 5.34. The third kappa shape index (κ3) is 3.99. The van der Waals surface area contributed by atoms with Crippen LogP contribution in [0.1, 0.15) is 41.6 Å². The number of carbonyl (C=O) groups is 2. The Kier molecular flexibility index (Phi) is 5.25. The van der Waals surface area contributed by atoms with Crippen LogP contribution in [0.15, 0.2) is 42.6 Å². The summed E-state index contributed by atoms with van der Waals surface area (Å²) in [6.07, 6.45) is 4.22. The highest BCUT2D eigenvalue weighted by Gasteiger charge is 2.27. The van der Waals surface area contributed by atoms with E-state index in [0.29, 0.717) is 36.5 Å². The summed E-state index contributed by atoms with van der Waals surface area (Å²) in [7, 11) is 0. The van der Waals surface area contributed by atoms with Gasteiger partial charge >= 0.3 is 0 Å². The van der Waals surface area contributed by atoms with E-state index in [2.05, 4.69) is 15.6 Å². The molecule has 0 saturated heterocycles. The van der Waals surface area contributed by atoms with Crippen LogP contribution in [-0.2, 0) is 11.3 Å². The van der Waals surface area contributed by atoms with Gasteiger partial charge in [0.2, 0.25) is 5.91 Å². The molecule has 1 aliphatic heterocycles. The van der Waals surface area contributed by atoms with E-state index < -0.39 is 0 Å². The smallest absolute Gasteiger partial charge is 0.253 e. The van der Waals surface area contributed by atoms with Crippen molar-refractivity contribution in [2.75, 3.05) is 16.8 Å². The van der Waals surface area contributed by atoms with Gasteiger partial charge in [0, 0.05) is 12.2 Å². The van der Waals surface area contributed by atoms with E-state index in [0.717, 1.165) is 18.4 Å². The van der Waals surface area contributed by atoms with E-state index in [1.165, 1.54) is 6.20 Å². The molecule has 0 spiro atoms. The summed E-state index contributed by atoms with van der Waals surface area (Å²) in [6.45, 7) is 0.615. The van der Waals surface area contributed by atoms with Gasteiger partial charge in [-0.1, -0.05) is 30.3 Å². The Morgan fingerprint density at radius 1 is 1.21 bits per heavy atom. The van der Waals surface area contributed by atoms with Crippen LogP contribution in [0, 0.1) is 0 Å².